The van der Waals surface area contributed by atoms with Crippen molar-refractivity contribution in [2.75, 3.05) is 0 Å². The molecule has 0 unspecified atom stereocenters. The third-order valence-corrected chi connectivity index (χ3v) is 4.96. The Kier molecular flexibility index (Phi) is 1.56. The van der Waals surface area contributed by atoms with Crippen LogP contribution in [0.3, 0.4) is 0 Å². The maximum atomic E-state index is 10.7. The topological polar surface area (TPSA) is 20.2 Å². The summed E-state index contributed by atoms with van der Waals surface area (Å²) in [7, 11) is 0. The largest absolute Gasteiger partial charge is 0.385 e. The Labute approximate surface area is 80.8 Å². The fraction of sp³-hybridized carbons (Fsp3) is 0.833. The van der Waals surface area contributed by atoms with Gasteiger partial charge in [-0.15, -0.1) is 6.58 Å². The average Bonchev–Trinajstić information content (AvgIpc) is 2.51. The van der Waals surface area contributed by atoms with Gasteiger partial charge in [0.15, 0.2) is 0 Å². The number of fused-ring (bicyclic) bond motifs is 2. The van der Waals surface area contributed by atoms with E-state index in [0.717, 1.165) is 6.42 Å². The van der Waals surface area contributed by atoms with Gasteiger partial charge >= 0.3 is 0 Å². The van der Waals surface area contributed by atoms with E-state index in [1.54, 1.807) is 6.08 Å². The van der Waals surface area contributed by atoms with Crippen LogP contribution in [0.4, 0.5) is 0 Å². The molecule has 0 saturated heterocycles. The summed E-state index contributed by atoms with van der Waals surface area (Å²) in [5.41, 5.74) is -0.548. The molecule has 2 bridgehead atoms. The lowest BCUT2D eigenvalue weighted by molar-refractivity contribution is -0.103. The highest BCUT2D eigenvalue weighted by molar-refractivity contribution is 5.24. The van der Waals surface area contributed by atoms with Crippen molar-refractivity contribution < 1.29 is 5.11 Å². The summed E-state index contributed by atoms with van der Waals surface area (Å²) in [5, 5.41) is 10.7. The Bertz CT molecular complexity index is 249. The lowest BCUT2D eigenvalue weighted by atomic mass is 9.60. The van der Waals surface area contributed by atoms with Crippen molar-refractivity contribution in [1.82, 2.24) is 0 Å². The predicted molar refractivity (Wildman–Crippen MR) is 54.4 cm³/mol. The zero-order chi connectivity index (χ0) is 9.91. The first kappa shape index (κ1) is 9.26. The summed E-state index contributed by atoms with van der Waals surface area (Å²) in [6.07, 6.45) is 5.39. The van der Waals surface area contributed by atoms with Gasteiger partial charge in [0.25, 0.3) is 0 Å². The maximum absolute atomic E-state index is 10.7. The highest BCUT2D eigenvalue weighted by Crippen LogP contribution is 2.68. The molecule has 0 heterocycles. The fourth-order valence-corrected chi connectivity index (χ4v) is 3.80. The zero-order valence-corrected chi connectivity index (χ0v) is 8.93. The van der Waals surface area contributed by atoms with Gasteiger partial charge in [-0.1, -0.05) is 26.8 Å². The van der Waals surface area contributed by atoms with E-state index in [1.165, 1.54) is 12.8 Å². The Morgan fingerprint density at radius 3 is 2.31 bits per heavy atom. The molecule has 74 valence electrons. The summed E-state index contributed by atoms with van der Waals surface area (Å²) in [5.74, 6) is 0.681. The summed E-state index contributed by atoms with van der Waals surface area (Å²) in [6, 6.07) is 0. The van der Waals surface area contributed by atoms with Crippen molar-refractivity contribution in [3.05, 3.63) is 12.7 Å². The molecule has 2 rings (SSSR count). The van der Waals surface area contributed by atoms with Crippen LogP contribution in [-0.2, 0) is 0 Å². The van der Waals surface area contributed by atoms with Crippen molar-refractivity contribution >= 4 is 0 Å². The van der Waals surface area contributed by atoms with Crippen LogP contribution in [0.5, 0.6) is 0 Å². The molecule has 0 amide bonds. The van der Waals surface area contributed by atoms with Crippen LogP contribution in [0.25, 0.3) is 0 Å². The molecule has 2 aliphatic carbocycles. The van der Waals surface area contributed by atoms with E-state index in [0.29, 0.717) is 5.92 Å². The summed E-state index contributed by atoms with van der Waals surface area (Å²) < 4.78 is 0. The number of hydrogen-bond acceptors (Lipinski definition) is 1. The molecule has 0 radical (unpaired) electrons. The van der Waals surface area contributed by atoms with Gasteiger partial charge in [-0.2, -0.15) is 0 Å². The third-order valence-electron chi connectivity index (χ3n) is 4.96. The highest BCUT2D eigenvalue weighted by atomic mass is 16.3. The monoisotopic (exact) mass is 180 g/mol. The predicted octanol–water partition coefficient (Wildman–Crippen LogP) is 2.75. The molecular weight excluding hydrogens is 160 g/mol. The van der Waals surface area contributed by atoms with Gasteiger partial charge in [-0.05, 0) is 25.2 Å². The Hall–Kier alpha value is -0.300. The molecule has 0 aromatic heterocycles. The minimum Gasteiger partial charge on any atom is -0.385 e. The van der Waals surface area contributed by atoms with Crippen molar-refractivity contribution in [1.29, 1.82) is 0 Å². The second-order valence-corrected chi connectivity index (χ2v) is 5.69. The summed E-state index contributed by atoms with van der Waals surface area (Å²) >= 11 is 0. The van der Waals surface area contributed by atoms with Crippen LogP contribution < -0.4 is 0 Å². The molecule has 0 spiro atoms. The van der Waals surface area contributed by atoms with Crippen molar-refractivity contribution in [3.8, 4) is 0 Å². The van der Waals surface area contributed by atoms with E-state index in [1.807, 2.05) is 0 Å². The second-order valence-electron chi connectivity index (χ2n) is 5.69. The van der Waals surface area contributed by atoms with Crippen LogP contribution >= 0.6 is 0 Å². The van der Waals surface area contributed by atoms with E-state index >= 15 is 0 Å². The second kappa shape index (κ2) is 2.20. The van der Waals surface area contributed by atoms with E-state index < -0.39 is 5.60 Å². The van der Waals surface area contributed by atoms with E-state index in [4.69, 9.17) is 0 Å². The molecule has 2 fully saturated rings. The first-order valence-electron chi connectivity index (χ1n) is 5.23. The molecule has 2 saturated carbocycles. The van der Waals surface area contributed by atoms with Crippen molar-refractivity contribution in [2.45, 2.75) is 45.6 Å². The van der Waals surface area contributed by atoms with Crippen molar-refractivity contribution in [3.63, 3.8) is 0 Å². The van der Waals surface area contributed by atoms with Crippen LogP contribution in [0, 0.1) is 16.7 Å². The molecule has 3 atom stereocenters. The maximum Gasteiger partial charge on any atom is 0.0931 e. The summed E-state index contributed by atoms with van der Waals surface area (Å²) in [6.45, 7) is 10.4. The van der Waals surface area contributed by atoms with Gasteiger partial charge < -0.3 is 5.11 Å². The van der Waals surface area contributed by atoms with Gasteiger partial charge in [0.2, 0.25) is 0 Å². The smallest absolute Gasteiger partial charge is 0.0931 e. The van der Waals surface area contributed by atoms with Crippen molar-refractivity contribution in [2.24, 2.45) is 16.7 Å². The Balaban J connectivity index is 2.51. The molecule has 1 N–H and O–H groups in total. The lowest BCUT2D eigenvalue weighted by Gasteiger charge is -2.48. The Morgan fingerprint density at radius 2 is 2.00 bits per heavy atom. The average molecular weight is 180 g/mol. The van der Waals surface area contributed by atoms with Crippen LogP contribution in [0.15, 0.2) is 12.7 Å². The standard InChI is InChI=1S/C12H20O/c1-5-12(13)10(2,3)9-6-7-11(12,4)8-9/h5,9,13H,1,6-8H2,2-4H3/t9-,11+,12+/m0/s1. The molecule has 0 aromatic carbocycles. The minimum atomic E-state index is -0.650. The molecule has 1 heteroatoms. The highest BCUT2D eigenvalue weighted by Gasteiger charge is 2.66. The molecule has 13 heavy (non-hydrogen) atoms. The van der Waals surface area contributed by atoms with E-state index in [9.17, 15) is 5.11 Å². The van der Waals surface area contributed by atoms with Gasteiger partial charge in [0.1, 0.15) is 0 Å². The SMILES string of the molecule is C=C[C@@]1(O)C(C)(C)[C@H]2CC[C@]1(C)C2. The number of aliphatic hydroxyl groups is 1. The van der Waals surface area contributed by atoms with Gasteiger partial charge in [-0.3, -0.25) is 0 Å². The molecule has 1 nitrogen and oxygen atoms in total. The first-order valence-corrected chi connectivity index (χ1v) is 5.23. The molecule has 2 aliphatic rings. The Morgan fingerprint density at radius 1 is 1.38 bits per heavy atom. The summed E-state index contributed by atoms with van der Waals surface area (Å²) in [4.78, 5) is 0. The number of rotatable bonds is 1. The normalized spacial score (nSPS) is 52.5. The zero-order valence-electron chi connectivity index (χ0n) is 8.93. The van der Waals surface area contributed by atoms with Crippen LogP contribution in [0.2, 0.25) is 0 Å². The molecule has 0 aliphatic heterocycles. The van der Waals surface area contributed by atoms with E-state index in [-0.39, 0.29) is 10.8 Å². The van der Waals surface area contributed by atoms with Gasteiger partial charge in [-0.25, -0.2) is 0 Å². The minimum absolute atomic E-state index is 0.0156. The fourth-order valence-electron chi connectivity index (χ4n) is 3.80. The molecular formula is C12H20O. The number of hydrogen-bond donors (Lipinski definition) is 1. The van der Waals surface area contributed by atoms with Crippen LogP contribution in [0.1, 0.15) is 40.0 Å². The lowest BCUT2D eigenvalue weighted by Crippen LogP contribution is -2.52. The van der Waals surface area contributed by atoms with Gasteiger partial charge in [0, 0.05) is 10.8 Å². The van der Waals surface area contributed by atoms with Crippen LogP contribution in [-0.4, -0.2) is 10.7 Å². The quantitative estimate of drug-likeness (QED) is 0.615. The first-order chi connectivity index (χ1) is 5.87. The molecule has 0 aromatic rings. The van der Waals surface area contributed by atoms with E-state index in [2.05, 4.69) is 27.4 Å². The third kappa shape index (κ3) is 0.775. The van der Waals surface area contributed by atoms with Gasteiger partial charge in [0.05, 0.1) is 5.60 Å².